The summed E-state index contributed by atoms with van der Waals surface area (Å²) in [6.07, 6.45) is 5.54. The minimum atomic E-state index is 0.0192. The van der Waals surface area contributed by atoms with Crippen molar-refractivity contribution in [2.24, 2.45) is 5.92 Å². The molecule has 1 aliphatic rings. The predicted molar refractivity (Wildman–Crippen MR) is 101 cm³/mol. The van der Waals surface area contributed by atoms with E-state index in [4.69, 9.17) is 0 Å². The summed E-state index contributed by atoms with van der Waals surface area (Å²) in [6.45, 7) is 2.58. The maximum absolute atomic E-state index is 12.7. The first-order valence-electron chi connectivity index (χ1n) is 9.06. The van der Waals surface area contributed by atoms with Crippen molar-refractivity contribution in [3.05, 3.63) is 72.2 Å². The van der Waals surface area contributed by atoms with E-state index in [1.165, 1.54) is 5.56 Å². The van der Waals surface area contributed by atoms with Crippen LogP contribution in [0.25, 0.3) is 11.3 Å². The van der Waals surface area contributed by atoms with Crippen molar-refractivity contribution in [2.75, 3.05) is 13.1 Å². The normalized spacial score (nSPS) is 17.9. The summed E-state index contributed by atoms with van der Waals surface area (Å²) in [4.78, 5) is 19.3. The molecule has 3 heterocycles. The van der Waals surface area contributed by atoms with Crippen molar-refractivity contribution in [1.29, 1.82) is 0 Å². The topological polar surface area (TPSA) is 61.9 Å². The second kappa shape index (κ2) is 7.62. The molecule has 4 rings (SSSR count). The molecule has 1 N–H and O–H groups in total. The highest BCUT2D eigenvalue weighted by molar-refractivity contribution is 5.96. The fourth-order valence-electron chi connectivity index (χ4n) is 3.66. The molecule has 1 aromatic carbocycles. The van der Waals surface area contributed by atoms with Gasteiger partial charge in [0.05, 0.1) is 11.9 Å². The number of benzene rings is 1. The smallest absolute Gasteiger partial charge is 0.185 e. The lowest BCUT2D eigenvalue weighted by Gasteiger charge is -2.31. The van der Waals surface area contributed by atoms with Crippen LogP contribution in [-0.2, 0) is 6.54 Å². The van der Waals surface area contributed by atoms with Crippen LogP contribution in [0.3, 0.4) is 0 Å². The minimum Gasteiger partial charge on any atom is -0.298 e. The van der Waals surface area contributed by atoms with Gasteiger partial charge in [0.25, 0.3) is 0 Å². The maximum Gasteiger partial charge on any atom is 0.185 e. The van der Waals surface area contributed by atoms with Crippen molar-refractivity contribution in [1.82, 2.24) is 20.1 Å². The Balaban J connectivity index is 1.47. The molecular weight excluding hydrogens is 324 g/mol. The number of ketones is 1. The van der Waals surface area contributed by atoms with Gasteiger partial charge in [-0.05, 0) is 37.1 Å². The molecule has 1 atom stereocenters. The van der Waals surface area contributed by atoms with E-state index in [2.05, 4.69) is 32.2 Å². The second-order valence-electron chi connectivity index (χ2n) is 6.79. The number of piperidine rings is 1. The SMILES string of the molecule is O=C(c1ccccn1)[C@@H]1CCCN(Cc2cn[nH]c2-c2ccccc2)C1. The number of carbonyl (C=O) groups is 1. The van der Waals surface area contributed by atoms with Crippen molar-refractivity contribution in [3.63, 3.8) is 0 Å². The summed E-state index contributed by atoms with van der Waals surface area (Å²) in [5.41, 5.74) is 3.94. The van der Waals surface area contributed by atoms with Crippen LogP contribution in [0.5, 0.6) is 0 Å². The third-order valence-corrected chi connectivity index (χ3v) is 4.97. The fraction of sp³-hybridized carbons (Fsp3) is 0.286. The van der Waals surface area contributed by atoms with Gasteiger partial charge in [-0.25, -0.2) is 0 Å². The molecule has 0 spiro atoms. The largest absolute Gasteiger partial charge is 0.298 e. The van der Waals surface area contributed by atoms with Gasteiger partial charge in [-0.15, -0.1) is 0 Å². The lowest BCUT2D eigenvalue weighted by Crippen LogP contribution is -2.38. The van der Waals surface area contributed by atoms with E-state index < -0.39 is 0 Å². The Morgan fingerprint density at radius 2 is 2.00 bits per heavy atom. The van der Waals surface area contributed by atoms with Crippen molar-refractivity contribution < 1.29 is 4.79 Å². The summed E-state index contributed by atoms with van der Waals surface area (Å²) < 4.78 is 0. The second-order valence-corrected chi connectivity index (χ2v) is 6.79. The molecule has 26 heavy (non-hydrogen) atoms. The van der Waals surface area contributed by atoms with Crippen LogP contribution >= 0.6 is 0 Å². The van der Waals surface area contributed by atoms with Gasteiger partial charge in [0.2, 0.25) is 0 Å². The van der Waals surface area contributed by atoms with Crippen LogP contribution in [-0.4, -0.2) is 39.0 Å². The van der Waals surface area contributed by atoms with E-state index in [0.717, 1.165) is 43.7 Å². The lowest BCUT2D eigenvalue weighted by atomic mass is 9.91. The Morgan fingerprint density at radius 3 is 2.81 bits per heavy atom. The highest BCUT2D eigenvalue weighted by Crippen LogP contribution is 2.25. The zero-order valence-electron chi connectivity index (χ0n) is 14.6. The van der Waals surface area contributed by atoms with Gasteiger partial charge in [-0.1, -0.05) is 36.4 Å². The summed E-state index contributed by atoms with van der Waals surface area (Å²) in [5, 5.41) is 7.35. The van der Waals surface area contributed by atoms with Crippen LogP contribution in [0.2, 0.25) is 0 Å². The molecule has 0 radical (unpaired) electrons. The molecule has 3 aromatic rings. The Hall–Kier alpha value is -2.79. The van der Waals surface area contributed by atoms with Gasteiger partial charge in [0, 0.05) is 30.8 Å². The number of aromatic nitrogens is 3. The molecule has 132 valence electrons. The molecule has 5 nitrogen and oxygen atoms in total. The van der Waals surface area contributed by atoms with E-state index >= 15 is 0 Å². The standard InChI is InChI=1S/C21H22N4O/c26-21(19-10-4-5-11-22-19)17-9-6-12-25(14-17)15-18-13-23-24-20(18)16-7-2-1-3-8-16/h1-5,7-8,10-11,13,17H,6,9,12,14-15H2,(H,23,24)/t17-/m1/s1. The van der Waals surface area contributed by atoms with E-state index in [-0.39, 0.29) is 11.7 Å². The number of pyridine rings is 1. The zero-order chi connectivity index (χ0) is 17.8. The van der Waals surface area contributed by atoms with E-state index in [9.17, 15) is 4.79 Å². The molecular formula is C21H22N4O. The number of nitrogens with zero attached hydrogens (tertiary/aromatic N) is 3. The van der Waals surface area contributed by atoms with Gasteiger partial charge >= 0.3 is 0 Å². The number of Topliss-reactive ketones (excluding diaryl/α,β-unsaturated/α-hetero) is 1. The van der Waals surface area contributed by atoms with E-state index in [1.807, 2.05) is 42.6 Å². The van der Waals surface area contributed by atoms with Crippen molar-refractivity contribution in [2.45, 2.75) is 19.4 Å². The Labute approximate surface area is 153 Å². The molecule has 0 amide bonds. The lowest BCUT2D eigenvalue weighted by molar-refractivity contribution is 0.0806. The molecule has 0 unspecified atom stereocenters. The molecule has 1 aliphatic heterocycles. The first-order valence-corrected chi connectivity index (χ1v) is 9.06. The Bertz CT molecular complexity index is 860. The number of likely N-dealkylation sites (tertiary alicyclic amines) is 1. The minimum absolute atomic E-state index is 0.0192. The Kier molecular flexibility index (Phi) is 4.88. The quantitative estimate of drug-likeness (QED) is 0.718. The summed E-state index contributed by atoms with van der Waals surface area (Å²) >= 11 is 0. The maximum atomic E-state index is 12.7. The van der Waals surface area contributed by atoms with Gasteiger partial charge in [0.15, 0.2) is 5.78 Å². The molecule has 1 saturated heterocycles. The van der Waals surface area contributed by atoms with Gasteiger partial charge in [-0.2, -0.15) is 5.10 Å². The number of H-pyrrole nitrogens is 1. The predicted octanol–water partition coefficient (Wildman–Crippen LogP) is 3.57. The average molecular weight is 346 g/mol. The number of hydrogen-bond acceptors (Lipinski definition) is 4. The van der Waals surface area contributed by atoms with Crippen molar-refractivity contribution in [3.8, 4) is 11.3 Å². The van der Waals surface area contributed by atoms with Crippen LogP contribution in [0.4, 0.5) is 0 Å². The summed E-state index contributed by atoms with van der Waals surface area (Å²) in [5.74, 6) is 0.177. The van der Waals surface area contributed by atoms with Crippen LogP contribution in [0.1, 0.15) is 28.9 Å². The molecule has 0 aliphatic carbocycles. The molecule has 2 aromatic heterocycles. The first kappa shape index (κ1) is 16.7. The van der Waals surface area contributed by atoms with Crippen LogP contribution < -0.4 is 0 Å². The van der Waals surface area contributed by atoms with Gasteiger partial charge < -0.3 is 0 Å². The van der Waals surface area contributed by atoms with Crippen LogP contribution in [0.15, 0.2) is 60.9 Å². The van der Waals surface area contributed by atoms with Crippen molar-refractivity contribution >= 4 is 5.78 Å². The molecule has 0 bridgehead atoms. The Morgan fingerprint density at radius 1 is 1.15 bits per heavy atom. The first-order chi connectivity index (χ1) is 12.8. The number of nitrogens with one attached hydrogen (secondary N) is 1. The summed E-state index contributed by atoms with van der Waals surface area (Å²) in [6, 6.07) is 15.8. The fourth-order valence-corrected chi connectivity index (χ4v) is 3.66. The number of rotatable bonds is 5. The highest BCUT2D eigenvalue weighted by Gasteiger charge is 2.27. The van der Waals surface area contributed by atoms with E-state index in [1.54, 1.807) is 6.20 Å². The zero-order valence-corrected chi connectivity index (χ0v) is 14.6. The number of hydrogen-bond donors (Lipinski definition) is 1. The van der Waals surface area contributed by atoms with Crippen LogP contribution in [0, 0.1) is 5.92 Å². The number of aromatic amines is 1. The third-order valence-electron chi connectivity index (χ3n) is 4.97. The third kappa shape index (κ3) is 3.58. The van der Waals surface area contributed by atoms with Gasteiger partial charge in [-0.3, -0.25) is 19.8 Å². The molecule has 1 fully saturated rings. The van der Waals surface area contributed by atoms with Gasteiger partial charge in [0.1, 0.15) is 5.69 Å². The molecule has 5 heteroatoms. The summed E-state index contributed by atoms with van der Waals surface area (Å²) in [7, 11) is 0. The molecule has 0 saturated carbocycles. The highest BCUT2D eigenvalue weighted by atomic mass is 16.1. The average Bonchev–Trinajstić information content (AvgIpc) is 3.17. The number of carbonyl (C=O) groups excluding carboxylic acids is 1. The monoisotopic (exact) mass is 346 g/mol. The van der Waals surface area contributed by atoms with E-state index in [0.29, 0.717) is 5.69 Å².